The van der Waals surface area contributed by atoms with Crippen molar-refractivity contribution in [2.45, 2.75) is 20.5 Å². The fraction of sp³-hybridized carbons (Fsp3) is 0.167. The molecule has 6 heteroatoms. The molecule has 0 spiro atoms. The Kier molecular flexibility index (Phi) is 7.63. The van der Waals surface area contributed by atoms with E-state index in [0.717, 1.165) is 21.2 Å². The Labute approximate surface area is 184 Å². The molecule has 0 saturated heterocycles. The summed E-state index contributed by atoms with van der Waals surface area (Å²) in [5.74, 6) is 0.979. The van der Waals surface area contributed by atoms with E-state index < -0.39 is 0 Å². The zero-order valence-electron chi connectivity index (χ0n) is 16.9. The van der Waals surface area contributed by atoms with Crippen molar-refractivity contribution in [1.29, 1.82) is 0 Å². The maximum atomic E-state index is 12.3. The number of amides is 1. The van der Waals surface area contributed by atoms with Crippen molar-refractivity contribution in [2.24, 2.45) is 5.10 Å². The van der Waals surface area contributed by atoms with Crippen molar-refractivity contribution in [3.05, 3.63) is 93.5 Å². The first-order valence-electron chi connectivity index (χ1n) is 9.60. The molecule has 0 bridgehead atoms. The molecule has 3 rings (SSSR count). The summed E-state index contributed by atoms with van der Waals surface area (Å²) in [5, 5.41) is 4.08. The summed E-state index contributed by atoms with van der Waals surface area (Å²) in [6.07, 6.45) is 1.57. The number of nitrogens with one attached hydrogen (secondary N) is 1. The Morgan fingerprint density at radius 1 is 1.07 bits per heavy atom. The molecule has 0 atom stereocenters. The van der Waals surface area contributed by atoms with Gasteiger partial charge in [-0.15, -0.1) is 0 Å². The van der Waals surface area contributed by atoms with Crippen LogP contribution in [0.4, 0.5) is 0 Å². The largest absolute Gasteiger partial charge is 0.490 e. The summed E-state index contributed by atoms with van der Waals surface area (Å²) < 4.78 is 12.5. The quantitative estimate of drug-likeness (QED) is 0.352. The average molecular weight is 467 g/mol. The molecular formula is C24H23BrN2O3. The van der Waals surface area contributed by atoms with E-state index in [2.05, 4.69) is 26.5 Å². The topological polar surface area (TPSA) is 59.9 Å². The van der Waals surface area contributed by atoms with Crippen LogP contribution >= 0.6 is 15.9 Å². The van der Waals surface area contributed by atoms with Crippen LogP contribution in [0, 0.1) is 6.92 Å². The lowest BCUT2D eigenvalue weighted by molar-refractivity contribution is 0.0954. The molecule has 0 aliphatic heterocycles. The second-order valence-electron chi connectivity index (χ2n) is 6.55. The molecule has 0 fully saturated rings. The number of carbonyl (C=O) groups is 1. The van der Waals surface area contributed by atoms with E-state index in [-0.39, 0.29) is 5.91 Å². The number of halogens is 1. The molecule has 0 aliphatic rings. The zero-order chi connectivity index (χ0) is 21.3. The highest BCUT2D eigenvalue weighted by molar-refractivity contribution is 9.10. The summed E-state index contributed by atoms with van der Waals surface area (Å²) in [5.41, 5.74) is 5.88. The van der Waals surface area contributed by atoms with Gasteiger partial charge in [-0.3, -0.25) is 4.79 Å². The fourth-order valence-electron chi connectivity index (χ4n) is 2.85. The number of hydrazone groups is 1. The number of hydrogen-bond acceptors (Lipinski definition) is 4. The molecule has 3 aromatic rings. The van der Waals surface area contributed by atoms with Gasteiger partial charge in [0.05, 0.1) is 17.3 Å². The van der Waals surface area contributed by atoms with Gasteiger partial charge in [-0.1, -0.05) is 48.5 Å². The number of rotatable bonds is 8. The van der Waals surface area contributed by atoms with E-state index in [9.17, 15) is 4.79 Å². The van der Waals surface area contributed by atoms with Crippen molar-refractivity contribution < 1.29 is 14.3 Å². The molecule has 0 radical (unpaired) electrons. The summed E-state index contributed by atoms with van der Waals surface area (Å²) >= 11 is 3.55. The van der Waals surface area contributed by atoms with Crippen LogP contribution in [-0.2, 0) is 6.61 Å². The maximum Gasteiger partial charge on any atom is 0.271 e. The van der Waals surface area contributed by atoms with Crippen LogP contribution in [0.15, 0.2) is 76.3 Å². The molecule has 1 N–H and O–H groups in total. The monoisotopic (exact) mass is 466 g/mol. The van der Waals surface area contributed by atoms with Gasteiger partial charge in [0.1, 0.15) is 6.61 Å². The third-order valence-electron chi connectivity index (χ3n) is 4.33. The molecular weight excluding hydrogens is 444 g/mol. The van der Waals surface area contributed by atoms with E-state index in [1.165, 1.54) is 0 Å². The van der Waals surface area contributed by atoms with Gasteiger partial charge in [0, 0.05) is 5.56 Å². The number of carbonyl (C=O) groups excluding carboxylic acids is 1. The van der Waals surface area contributed by atoms with Crippen LogP contribution in [0.5, 0.6) is 11.5 Å². The molecule has 30 heavy (non-hydrogen) atoms. The highest BCUT2D eigenvalue weighted by Gasteiger charge is 2.12. The van der Waals surface area contributed by atoms with E-state index >= 15 is 0 Å². The first-order chi connectivity index (χ1) is 14.6. The fourth-order valence-corrected chi connectivity index (χ4v) is 3.42. The van der Waals surface area contributed by atoms with Crippen LogP contribution in [0.2, 0.25) is 0 Å². The number of ether oxygens (including phenoxy) is 2. The SMILES string of the molecule is CCOc1cc(/C=N\NC(=O)c2ccccc2C)cc(Br)c1OCc1ccccc1. The van der Waals surface area contributed by atoms with Gasteiger partial charge in [-0.05, 0) is 64.7 Å². The highest BCUT2D eigenvalue weighted by atomic mass is 79.9. The van der Waals surface area contributed by atoms with Crippen LogP contribution in [0.1, 0.15) is 34.0 Å². The normalized spacial score (nSPS) is 10.8. The Bertz CT molecular complexity index is 1040. The van der Waals surface area contributed by atoms with Crippen molar-refractivity contribution in [2.75, 3.05) is 6.61 Å². The number of nitrogens with zero attached hydrogens (tertiary/aromatic N) is 1. The Hall–Kier alpha value is -3.12. The standard InChI is InChI=1S/C24H23BrN2O3/c1-3-29-22-14-19(15-26-27-24(28)20-12-8-7-9-17(20)2)13-21(25)23(22)30-16-18-10-5-4-6-11-18/h4-15H,3,16H2,1-2H3,(H,27,28)/b26-15-. The van der Waals surface area contributed by atoms with Gasteiger partial charge in [0.15, 0.2) is 11.5 Å². The van der Waals surface area contributed by atoms with Gasteiger partial charge in [0.25, 0.3) is 5.91 Å². The summed E-state index contributed by atoms with van der Waals surface area (Å²) in [6.45, 7) is 4.73. The van der Waals surface area contributed by atoms with Crippen molar-refractivity contribution in [1.82, 2.24) is 5.43 Å². The first kappa shape index (κ1) is 21.6. The predicted octanol–water partition coefficient (Wildman–Crippen LogP) is 5.50. The second-order valence-corrected chi connectivity index (χ2v) is 7.41. The van der Waals surface area contributed by atoms with Gasteiger partial charge in [-0.2, -0.15) is 5.10 Å². The third-order valence-corrected chi connectivity index (χ3v) is 4.92. The Morgan fingerprint density at radius 3 is 2.53 bits per heavy atom. The molecule has 3 aromatic carbocycles. The van der Waals surface area contributed by atoms with Gasteiger partial charge >= 0.3 is 0 Å². The predicted molar refractivity (Wildman–Crippen MR) is 122 cm³/mol. The van der Waals surface area contributed by atoms with Crippen LogP contribution < -0.4 is 14.9 Å². The van der Waals surface area contributed by atoms with Crippen LogP contribution in [0.3, 0.4) is 0 Å². The van der Waals surface area contributed by atoms with Crippen molar-refractivity contribution in [3.63, 3.8) is 0 Å². The summed E-state index contributed by atoms with van der Waals surface area (Å²) in [4.78, 5) is 12.3. The summed E-state index contributed by atoms with van der Waals surface area (Å²) in [6, 6.07) is 21.0. The molecule has 1 amide bonds. The van der Waals surface area contributed by atoms with Gasteiger partial charge in [-0.25, -0.2) is 5.43 Å². The number of aryl methyl sites for hydroxylation is 1. The molecule has 0 aliphatic carbocycles. The van der Waals surface area contributed by atoms with Gasteiger partial charge < -0.3 is 9.47 Å². The van der Waals surface area contributed by atoms with Crippen molar-refractivity contribution in [3.8, 4) is 11.5 Å². The first-order valence-corrected chi connectivity index (χ1v) is 10.4. The molecule has 0 unspecified atom stereocenters. The Balaban J connectivity index is 1.73. The van der Waals surface area contributed by atoms with E-state index in [0.29, 0.717) is 30.3 Å². The minimum Gasteiger partial charge on any atom is -0.490 e. The average Bonchev–Trinajstić information content (AvgIpc) is 2.74. The lowest BCUT2D eigenvalue weighted by Crippen LogP contribution is -2.18. The lowest BCUT2D eigenvalue weighted by Gasteiger charge is -2.14. The molecule has 5 nitrogen and oxygen atoms in total. The molecule has 154 valence electrons. The second kappa shape index (κ2) is 10.6. The highest BCUT2D eigenvalue weighted by Crippen LogP contribution is 2.37. The third kappa shape index (κ3) is 5.70. The number of benzene rings is 3. The Morgan fingerprint density at radius 2 is 1.80 bits per heavy atom. The van der Waals surface area contributed by atoms with Crippen LogP contribution in [-0.4, -0.2) is 18.7 Å². The molecule has 0 heterocycles. The number of hydrogen-bond donors (Lipinski definition) is 1. The minimum atomic E-state index is -0.253. The van der Waals surface area contributed by atoms with Crippen molar-refractivity contribution >= 4 is 28.1 Å². The van der Waals surface area contributed by atoms with Crippen LogP contribution in [0.25, 0.3) is 0 Å². The molecule has 0 aromatic heterocycles. The lowest BCUT2D eigenvalue weighted by atomic mass is 10.1. The van der Waals surface area contributed by atoms with E-state index in [1.807, 2.05) is 74.5 Å². The van der Waals surface area contributed by atoms with E-state index in [1.54, 1.807) is 12.3 Å². The zero-order valence-corrected chi connectivity index (χ0v) is 18.5. The van der Waals surface area contributed by atoms with Gasteiger partial charge in [0.2, 0.25) is 0 Å². The maximum absolute atomic E-state index is 12.3. The minimum absolute atomic E-state index is 0.253. The van der Waals surface area contributed by atoms with E-state index in [4.69, 9.17) is 9.47 Å². The summed E-state index contributed by atoms with van der Waals surface area (Å²) in [7, 11) is 0. The molecule has 0 saturated carbocycles. The smallest absolute Gasteiger partial charge is 0.271 e.